The molecule has 6 nitrogen and oxygen atoms in total. The highest BCUT2D eigenvalue weighted by Crippen LogP contribution is 2.33. The Kier molecular flexibility index (Phi) is 5.06. The van der Waals surface area contributed by atoms with Crippen molar-refractivity contribution in [2.45, 2.75) is 13.5 Å². The molecule has 26 heavy (non-hydrogen) atoms. The molecule has 7 heteroatoms. The van der Waals surface area contributed by atoms with Crippen molar-refractivity contribution in [2.24, 2.45) is 0 Å². The van der Waals surface area contributed by atoms with Crippen LogP contribution in [-0.2, 0) is 11.3 Å². The monoisotopic (exact) mass is 357 g/mol. The number of halogens is 1. The quantitative estimate of drug-likeness (QED) is 0.737. The van der Waals surface area contributed by atoms with Gasteiger partial charge < -0.3 is 19.4 Å². The molecule has 3 aromatic rings. The zero-order valence-corrected chi connectivity index (χ0v) is 14.9. The van der Waals surface area contributed by atoms with Gasteiger partial charge in [0.25, 0.3) is 5.91 Å². The van der Waals surface area contributed by atoms with Crippen LogP contribution in [0.5, 0.6) is 11.5 Å². The third-order valence-corrected chi connectivity index (χ3v) is 4.09. The molecule has 0 saturated heterocycles. The first-order valence-corrected chi connectivity index (χ1v) is 8.25. The standard InChI is InChI=1S/C19H20FN3O3/c1-4-23-15-7-6-13(20)10-14(15)22-19(23)12-5-8-16(17(9-12)25-3)26-11-18(24)21-2/h5-10H,4,11H2,1-3H3,(H,21,24). The lowest BCUT2D eigenvalue weighted by Crippen LogP contribution is -2.24. The van der Waals surface area contributed by atoms with Crippen molar-refractivity contribution in [1.29, 1.82) is 0 Å². The van der Waals surface area contributed by atoms with E-state index in [1.807, 2.05) is 17.6 Å². The maximum absolute atomic E-state index is 13.5. The van der Waals surface area contributed by atoms with Crippen LogP contribution in [0.2, 0.25) is 0 Å². The van der Waals surface area contributed by atoms with E-state index >= 15 is 0 Å². The number of imidazole rings is 1. The average molecular weight is 357 g/mol. The molecule has 136 valence electrons. The Morgan fingerprint density at radius 1 is 1.23 bits per heavy atom. The number of fused-ring (bicyclic) bond motifs is 1. The highest BCUT2D eigenvalue weighted by molar-refractivity contribution is 5.81. The zero-order valence-electron chi connectivity index (χ0n) is 14.9. The van der Waals surface area contributed by atoms with Crippen LogP contribution in [-0.4, -0.2) is 36.2 Å². The molecule has 0 aliphatic carbocycles. The maximum Gasteiger partial charge on any atom is 0.257 e. The number of nitrogens with zero attached hydrogens (tertiary/aromatic N) is 2. The predicted molar refractivity (Wildman–Crippen MR) is 96.9 cm³/mol. The fraction of sp³-hybridized carbons (Fsp3) is 0.263. The Balaban J connectivity index is 2.01. The van der Waals surface area contributed by atoms with Crippen molar-refractivity contribution in [3.63, 3.8) is 0 Å². The van der Waals surface area contributed by atoms with Gasteiger partial charge in [-0.05, 0) is 37.3 Å². The van der Waals surface area contributed by atoms with Crippen molar-refractivity contribution in [3.05, 3.63) is 42.2 Å². The van der Waals surface area contributed by atoms with Gasteiger partial charge in [-0.25, -0.2) is 9.37 Å². The van der Waals surface area contributed by atoms with Crippen LogP contribution in [0.15, 0.2) is 36.4 Å². The van der Waals surface area contributed by atoms with Gasteiger partial charge >= 0.3 is 0 Å². The molecule has 0 unspecified atom stereocenters. The largest absolute Gasteiger partial charge is 0.493 e. The number of aromatic nitrogens is 2. The summed E-state index contributed by atoms with van der Waals surface area (Å²) < 4.78 is 26.4. The van der Waals surface area contributed by atoms with Gasteiger partial charge in [0, 0.05) is 25.2 Å². The zero-order chi connectivity index (χ0) is 18.7. The number of methoxy groups -OCH3 is 1. The highest BCUT2D eigenvalue weighted by Gasteiger charge is 2.15. The van der Waals surface area contributed by atoms with Crippen molar-refractivity contribution in [3.8, 4) is 22.9 Å². The summed E-state index contributed by atoms with van der Waals surface area (Å²) in [7, 11) is 3.08. The minimum atomic E-state index is -0.319. The third kappa shape index (κ3) is 3.33. The molecule has 0 aliphatic heterocycles. The summed E-state index contributed by atoms with van der Waals surface area (Å²) >= 11 is 0. The normalized spacial score (nSPS) is 10.8. The van der Waals surface area contributed by atoms with Crippen LogP contribution >= 0.6 is 0 Å². The molecular weight excluding hydrogens is 337 g/mol. The molecule has 1 N–H and O–H groups in total. The van der Waals surface area contributed by atoms with Crippen LogP contribution < -0.4 is 14.8 Å². The van der Waals surface area contributed by atoms with E-state index in [2.05, 4.69) is 10.3 Å². The van der Waals surface area contributed by atoms with Crippen molar-refractivity contribution < 1.29 is 18.7 Å². The number of amides is 1. The van der Waals surface area contributed by atoms with Crippen LogP contribution in [0.3, 0.4) is 0 Å². The Hall–Kier alpha value is -3.09. The molecule has 1 amide bonds. The summed E-state index contributed by atoms with van der Waals surface area (Å²) in [4.78, 5) is 15.9. The summed E-state index contributed by atoms with van der Waals surface area (Å²) in [5, 5.41) is 2.50. The molecule has 0 bridgehead atoms. The van der Waals surface area contributed by atoms with Gasteiger partial charge in [0.05, 0.1) is 18.1 Å². The predicted octanol–water partition coefficient (Wildman–Crippen LogP) is 3.00. The molecule has 3 rings (SSSR count). The number of hydrogen-bond acceptors (Lipinski definition) is 4. The topological polar surface area (TPSA) is 65.4 Å². The summed E-state index contributed by atoms with van der Waals surface area (Å²) in [5.74, 6) is 1.12. The van der Waals surface area contributed by atoms with E-state index in [1.54, 1.807) is 25.2 Å². The molecule has 0 spiro atoms. The molecule has 0 aliphatic rings. The summed E-state index contributed by atoms with van der Waals surface area (Å²) in [6.07, 6.45) is 0. The summed E-state index contributed by atoms with van der Waals surface area (Å²) in [6, 6.07) is 9.94. The van der Waals surface area contributed by atoms with Gasteiger partial charge in [-0.1, -0.05) is 0 Å². The fourth-order valence-electron chi connectivity index (χ4n) is 2.78. The lowest BCUT2D eigenvalue weighted by molar-refractivity contribution is -0.122. The first-order chi connectivity index (χ1) is 12.6. The van der Waals surface area contributed by atoms with Gasteiger partial charge in [0.2, 0.25) is 0 Å². The third-order valence-electron chi connectivity index (χ3n) is 4.09. The number of carbonyl (C=O) groups excluding carboxylic acids is 1. The number of rotatable bonds is 6. The first-order valence-electron chi connectivity index (χ1n) is 8.25. The second-order valence-electron chi connectivity index (χ2n) is 5.64. The summed E-state index contributed by atoms with van der Waals surface area (Å²) in [5.41, 5.74) is 2.27. The average Bonchev–Trinajstić information content (AvgIpc) is 3.03. The lowest BCUT2D eigenvalue weighted by atomic mass is 10.2. The van der Waals surface area contributed by atoms with Gasteiger partial charge in [-0.3, -0.25) is 4.79 Å². The maximum atomic E-state index is 13.5. The van der Waals surface area contributed by atoms with Gasteiger partial charge in [0.15, 0.2) is 18.1 Å². The van der Waals surface area contributed by atoms with E-state index in [1.165, 1.54) is 19.2 Å². The second kappa shape index (κ2) is 7.43. The second-order valence-corrected chi connectivity index (χ2v) is 5.64. The number of benzene rings is 2. The first kappa shape index (κ1) is 17.7. The van der Waals surface area contributed by atoms with Crippen LogP contribution in [0.1, 0.15) is 6.92 Å². The Morgan fingerprint density at radius 3 is 2.73 bits per heavy atom. The van der Waals surface area contributed by atoms with E-state index < -0.39 is 0 Å². The molecule has 0 atom stereocenters. The van der Waals surface area contributed by atoms with Gasteiger partial charge in [0.1, 0.15) is 11.6 Å². The molecular formula is C19H20FN3O3. The highest BCUT2D eigenvalue weighted by atomic mass is 19.1. The van der Waals surface area contributed by atoms with Crippen LogP contribution in [0.4, 0.5) is 4.39 Å². The lowest BCUT2D eigenvalue weighted by Gasteiger charge is -2.12. The van der Waals surface area contributed by atoms with E-state index in [0.29, 0.717) is 29.4 Å². The molecule has 0 fully saturated rings. The summed E-state index contributed by atoms with van der Waals surface area (Å²) in [6.45, 7) is 2.60. The van der Waals surface area contributed by atoms with Crippen molar-refractivity contribution in [2.75, 3.05) is 20.8 Å². The van der Waals surface area contributed by atoms with E-state index in [4.69, 9.17) is 9.47 Å². The van der Waals surface area contributed by atoms with E-state index in [9.17, 15) is 9.18 Å². The smallest absolute Gasteiger partial charge is 0.257 e. The number of nitrogens with one attached hydrogen (secondary N) is 1. The van der Waals surface area contributed by atoms with E-state index in [-0.39, 0.29) is 18.3 Å². The Labute approximate surface area is 150 Å². The minimum absolute atomic E-state index is 0.0983. The fourth-order valence-corrected chi connectivity index (χ4v) is 2.78. The number of aryl methyl sites for hydroxylation is 1. The molecule has 0 saturated carbocycles. The molecule has 0 radical (unpaired) electrons. The number of ether oxygens (including phenoxy) is 2. The number of likely N-dealkylation sites (N-methyl/N-ethyl adjacent to an activating group) is 1. The van der Waals surface area contributed by atoms with Gasteiger partial charge in [-0.2, -0.15) is 0 Å². The minimum Gasteiger partial charge on any atom is -0.493 e. The molecule has 2 aromatic carbocycles. The molecule has 1 aromatic heterocycles. The number of hydrogen-bond donors (Lipinski definition) is 1. The van der Waals surface area contributed by atoms with Gasteiger partial charge in [-0.15, -0.1) is 0 Å². The molecule has 1 heterocycles. The van der Waals surface area contributed by atoms with Crippen LogP contribution in [0, 0.1) is 5.82 Å². The SMILES string of the molecule is CCn1c(-c2ccc(OCC(=O)NC)c(OC)c2)nc2cc(F)ccc21. The van der Waals surface area contributed by atoms with E-state index in [0.717, 1.165) is 11.1 Å². The number of carbonyl (C=O) groups is 1. The Bertz CT molecular complexity index is 953. The van der Waals surface area contributed by atoms with Crippen molar-refractivity contribution in [1.82, 2.24) is 14.9 Å². The Morgan fingerprint density at radius 2 is 2.04 bits per heavy atom. The van der Waals surface area contributed by atoms with Crippen molar-refractivity contribution >= 4 is 16.9 Å². The van der Waals surface area contributed by atoms with Crippen LogP contribution in [0.25, 0.3) is 22.4 Å².